The molecule has 1 amide bonds. The van der Waals surface area contributed by atoms with Gasteiger partial charge in [-0.25, -0.2) is 0 Å². The number of amides is 1. The van der Waals surface area contributed by atoms with Gasteiger partial charge >= 0.3 is 0 Å². The summed E-state index contributed by atoms with van der Waals surface area (Å²) in [5, 5.41) is 6.45. The minimum atomic E-state index is 0.232. The normalized spacial score (nSPS) is 22.0. The molecule has 1 aliphatic rings. The molecule has 2 atom stereocenters. The SMILES string of the molecule is CCCCCCC(=O)NC(C)C1CCNC1. The molecule has 1 fully saturated rings. The van der Waals surface area contributed by atoms with Crippen molar-refractivity contribution in [3.63, 3.8) is 0 Å². The number of rotatable bonds is 7. The predicted octanol–water partition coefficient (Wildman–Crippen LogP) is 2.07. The van der Waals surface area contributed by atoms with Gasteiger partial charge in [-0.15, -0.1) is 0 Å². The molecule has 0 radical (unpaired) electrons. The van der Waals surface area contributed by atoms with Crippen molar-refractivity contribution in [1.82, 2.24) is 10.6 Å². The average molecular weight is 226 g/mol. The second-order valence-corrected chi connectivity index (χ2v) is 4.92. The summed E-state index contributed by atoms with van der Waals surface area (Å²) in [5.41, 5.74) is 0. The van der Waals surface area contributed by atoms with Crippen molar-refractivity contribution in [3.05, 3.63) is 0 Å². The lowest BCUT2D eigenvalue weighted by Gasteiger charge is -2.19. The summed E-state index contributed by atoms with van der Waals surface area (Å²) in [4.78, 5) is 11.6. The van der Waals surface area contributed by atoms with E-state index in [2.05, 4.69) is 24.5 Å². The van der Waals surface area contributed by atoms with Crippen LogP contribution in [-0.2, 0) is 4.79 Å². The molecule has 1 aliphatic heterocycles. The quantitative estimate of drug-likeness (QED) is 0.653. The highest BCUT2D eigenvalue weighted by molar-refractivity contribution is 5.76. The van der Waals surface area contributed by atoms with Crippen molar-refractivity contribution < 1.29 is 4.79 Å². The van der Waals surface area contributed by atoms with Crippen LogP contribution in [0.1, 0.15) is 52.4 Å². The molecular formula is C13H26N2O. The van der Waals surface area contributed by atoms with Crippen molar-refractivity contribution in [2.45, 2.75) is 58.4 Å². The Hall–Kier alpha value is -0.570. The standard InChI is InChI=1S/C13H26N2O/c1-3-4-5-6-7-13(16)15-11(2)12-8-9-14-10-12/h11-12,14H,3-10H2,1-2H3,(H,15,16). The largest absolute Gasteiger partial charge is 0.353 e. The first kappa shape index (κ1) is 13.5. The Kier molecular flexibility index (Phi) is 6.46. The number of hydrogen-bond acceptors (Lipinski definition) is 2. The third-order valence-corrected chi connectivity index (χ3v) is 3.45. The maximum absolute atomic E-state index is 11.6. The van der Waals surface area contributed by atoms with E-state index < -0.39 is 0 Å². The summed E-state index contributed by atoms with van der Waals surface area (Å²) in [7, 11) is 0. The zero-order valence-electron chi connectivity index (χ0n) is 10.7. The fourth-order valence-corrected chi connectivity index (χ4v) is 2.26. The van der Waals surface area contributed by atoms with Gasteiger partial charge in [0.2, 0.25) is 5.91 Å². The van der Waals surface area contributed by atoms with Crippen molar-refractivity contribution in [2.24, 2.45) is 5.92 Å². The van der Waals surface area contributed by atoms with Crippen LogP contribution in [0.3, 0.4) is 0 Å². The van der Waals surface area contributed by atoms with Crippen LogP contribution >= 0.6 is 0 Å². The van der Waals surface area contributed by atoms with Gasteiger partial charge in [0.1, 0.15) is 0 Å². The first-order valence-electron chi connectivity index (χ1n) is 6.74. The second-order valence-electron chi connectivity index (χ2n) is 4.92. The molecule has 0 spiro atoms. The Bertz CT molecular complexity index is 200. The molecule has 0 aromatic rings. The van der Waals surface area contributed by atoms with Gasteiger partial charge < -0.3 is 10.6 Å². The first-order valence-corrected chi connectivity index (χ1v) is 6.74. The maximum Gasteiger partial charge on any atom is 0.220 e. The summed E-state index contributed by atoms with van der Waals surface area (Å²) in [5.74, 6) is 0.857. The van der Waals surface area contributed by atoms with E-state index >= 15 is 0 Å². The van der Waals surface area contributed by atoms with E-state index in [-0.39, 0.29) is 5.91 Å². The van der Waals surface area contributed by atoms with E-state index in [0.717, 1.165) is 19.5 Å². The highest BCUT2D eigenvalue weighted by atomic mass is 16.1. The summed E-state index contributed by atoms with van der Waals surface area (Å²) in [6, 6.07) is 0.327. The topological polar surface area (TPSA) is 41.1 Å². The number of carbonyl (C=O) groups is 1. The zero-order valence-corrected chi connectivity index (χ0v) is 10.7. The van der Waals surface area contributed by atoms with Crippen LogP contribution in [0, 0.1) is 5.92 Å². The number of hydrogen-bond donors (Lipinski definition) is 2. The Labute approximate surface area is 99.4 Å². The molecule has 0 aromatic carbocycles. The van der Waals surface area contributed by atoms with Crippen molar-refractivity contribution >= 4 is 5.91 Å². The lowest BCUT2D eigenvalue weighted by molar-refractivity contribution is -0.122. The highest BCUT2D eigenvalue weighted by Gasteiger charge is 2.22. The van der Waals surface area contributed by atoms with Gasteiger partial charge in [-0.2, -0.15) is 0 Å². The van der Waals surface area contributed by atoms with E-state index in [0.29, 0.717) is 18.4 Å². The van der Waals surface area contributed by atoms with Crippen LogP contribution < -0.4 is 10.6 Å². The Morgan fingerprint density at radius 3 is 2.88 bits per heavy atom. The molecule has 1 rings (SSSR count). The fraction of sp³-hybridized carbons (Fsp3) is 0.923. The number of nitrogens with one attached hydrogen (secondary N) is 2. The van der Waals surface area contributed by atoms with Crippen LogP contribution in [-0.4, -0.2) is 25.0 Å². The third-order valence-electron chi connectivity index (χ3n) is 3.45. The van der Waals surface area contributed by atoms with E-state index in [1.807, 2.05) is 0 Å². The van der Waals surface area contributed by atoms with E-state index in [1.165, 1.54) is 25.7 Å². The minimum Gasteiger partial charge on any atom is -0.353 e. The lowest BCUT2D eigenvalue weighted by Crippen LogP contribution is -2.38. The molecule has 0 aliphatic carbocycles. The number of unbranched alkanes of at least 4 members (excludes halogenated alkanes) is 3. The summed E-state index contributed by atoms with van der Waals surface area (Å²) in [6.07, 6.45) is 6.58. The number of carbonyl (C=O) groups excluding carboxylic acids is 1. The van der Waals surface area contributed by atoms with Crippen LogP contribution in [0.5, 0.6) is 0 Å². The summed E-state index contributed by atoms with van der Waals surface area (Å²) >= 11 is 0. The molecule has 0 aromatic heterocycles. The molecule has 3 nitrogen and oxygen atoms in total. The molecule has 0 bridgehead atoms. The molecule has 16 heavy (non-hydrogen) atoms. The van der Waals surface area contributed by atoms with Crippen LogP contribution in [0.2, 0.25) is 0 Å². The van der Waals surface area contributed by atoms with Crippen molar-refractivity contribution in [2.75, 3.05) is 13.1 Å². The second kappa shape index (κ2) is 7.66. The third kappa shape index (κ3) is 4.97. The Morgan fingerprint density at radius 2 is 2.25 bits per heavy atom. The van der Waals surface area contributed by atoms with Gasteiger partial charge in [0, 0.05) is 12.5 Å². The van der Waals surface area contributed by atoms with Crippen LogP contribution in [0.15, 0.2) is 0 Å². The first-order chi connectivity index (χ1) is 7.74. The molecule has 3 heteroatoms. The van der Waals surface area contributed by atoms with Crippen LogP contribution in [0.25, 0.3) is 0 Å². The van der Waals surface area contributed by atoms with Gasteiger partial charge in [-0.3, -0.25) is 4.79 Å². The Morgan fingerprint density at radius 1 is 1.44 bits per heavy atom. The Balaban J connectivity index is 2.08. The van der Waals surface area contributed by atoms with Gasteiger partial charge in [0.15, 0.2) is 0 Å². The van der Waals surface area contributed by atoms with Gasteiger partial charge in [-0.05, 0) is 38.8 Å². The average Bonchev–Trinajstić information content (AvgIpc) is 2.77. The minimum absolute atomic E-state index is 0.232. The van der Waals surface area contributed by atoms with E-state index in [4.69, 9.17) is 0 Å². The molecule has 94 valence electrons. The fourth-order valence-electron chi connectivity index (χ4n) is 2.26. The van der Waals surface area contributed by atoms with Gasteiger partial charge in [-0.1, -0.05) is 26.2 Å². The van der Waals surface area contributed by atoms with Gasteiger partial charge in [0.25, 0.3) is 0 Å². The van der Waals surface area contributed by atoms with E-state index in [1.54, 1.807) is 0 Å². The maximum atomic E-state index is 11.6. The van der Waals surface area contributed by atoms with Crippen molar-refractivity contribution in [3.8, 4) is 0 Å². The van der Waals surface area contributed by atoms with Gasteiger partial charge in [0.05, 0.1) is 0 Å². The van der Waals surface area contributed by atoms with Crippen LogP contribution in [0.4, 0.5) is 0 Å². The molecule has 2 N–H and O–H groups in total. The lowest BCUT2D eigenvalue weighted by atomic mass is 10.0. The highest BCUT2D eigenvalue weighted by Crippen LogP contribution is 2.12. The predicted molar refractivity (Wildman–Crippen MR) is 67.3 cm³/mol. The molecule has 1 saturated heterocycles. The molecular weight excluding hydrogens is 200 g/mol. The molecule has 2 unspecified atom stereocenters. The smallest absolute Gasteiger partial charge is 0.220 e. The molecule has 1 heterocycles. The molecule has 0 saturated carbocycles. The monoisotopic (exact) mass is 226 g/mol. The van der Waals surface area contributed by atoms with E-state index in [9.17, 15) is 4.79 Å². The van der Waals surface area contributed by atoms with Crippen molar-refractivity contribution in [1.29, 1.82) is 0 Å². The summed E-state index contributed by atoms with van der Waals surface area (Å²) in [6.45, 7) is 6.47. The zero-order chi connectivity index (χ0) is 11.8. The summed E-state index contributed by atoms with van der Waals surface area (Å²) < 4.78 is 0.